The van der Waals surface area contributed by atoms with Gasteiger partial charge in [-0.05, 0) is 37.6 Å². The predicted molar refractivity (Wildman–Crippen MR) is 76.7 cm³/mol. The van der Waals surface area contributed by atoms with E-state index >= 15 is 0 Å². The van der Waals surface area contributed by atoms with Crippen molar-refractivity contribution in [1.82, 2.24) is 5.32 Å². The summed E-state index contributed by atoms with van der Waals surface area (Å²) in [4.78, 5) is 0. The van der Waals surface area contributed by atoms with Crippen molar-refractivity contribution in [3.8, 4) is 0 Å². The van der Waals surface area contributed by atoms with Gasteiger partial charge in [0.05, 0.1) is 11.3 Å². The van der Waals surface area contributed by atoms with Crippen molar-refractivity contribution in [2.24, 2.45) is 0 Å². The van der Waals surface area contributed by atoms with Gasteiger partial charge < -0.3 is 5.32 Å². The van der Waals surface area contributed by atoms with E-state index in [2.05, 4.69) is 5.32 Å². The van der Waals surface area contributed by atoms with Gasteiger partial charge in [-0.2, -0.15) is 0 Å². The van der Waals surface area contributed by atoms with E-state index in [1.165, 1.54) is 6.92 Å². The second-order valence-electron chi connectivity index (χ2n) is 4.75. The zero-order valence-corrected chi connectivity index (χ0v) is 13.2. The number of benzene rings is 1. The molecule has 3 nitrogen and oxygen atoms in total. The molecule has 0 bridgehead atoms. The Kier molecular flexibility index (Phi) is 5.91. The van der Waals surface area contributed by atoms with Crippen molar-refractivity contribution in [3.05, 3.63) is 34.4 Å². The van der Waals surface area contributed by atoms with Gasteiger partial charge in [0, 0.05) is 11.3 Å². The first-order chi connectivity index (χ1) is 9.18. The molecule has 0 fully saturated rings. The van der Waals surface area contributed by atoms with Gasteiger partial charge in [0.1, 0.15) is 0 Å². The highest BCUT2D eigenvalue weighted by atomic mass is 35.5. The minimum absolute atomic E-state index is 0.00741. The maximum absolute atomic E-state index is 13.4. The van der Waals surface area contributed by atoms with Crippen molar-refractivity contribution in [2.45, 2.75) is 31.6 Å². The molecule has 0 aromatic heterocycles. The molecule has 0 amide bonds. The minimum Gasteiger partial charge on any atom is -0.309 e. The van der Waals surface area contributed by atoms with Gasteiger partial charge in [0.15, 0.2) is 21.5 Å². The average molecular weight is 326 g/mol. The summed E-state index contributed by atoms with van der Waals surface area (Å²) in [7, 11) is -3.36. The molecule has 7 heteroatoms. The third-order valence-electron chi connectivity index (χ3n) is 3.13. The molecule has 0 aliphatic heterocycles. The third-order valence-corrected chi connectivity index (χ3v) is 5.08. The Bertz CT molecular complexity index is 578. The quantitative estimate of drug-likeness (QED) is 0.818. The predicted octanol–water partition coefficient (Wildman–Crippen LogP) is 3.09. The van der Waals surface area contributed by atoms with E-state index in [0.717, 1.165) is 24.8 Å². The first-order valence-electron chi connectivity index (χ1n) is 6.25. The van der Waals surface area contributed by atoms with Crippen molar-refractivity contribution in [3.63, 3.8) is 0 Å². The Hall–Kier alpha value is -0.720. The molecule has 0 saturated carbocycles. The van der Waals surface area contributed by atoms with Gasteiger partial charge in [-0.3, -0.25) is 0 Å². The van der Waals surface area contributed by atoms with Gasteiger partial charge >= 0.3 is 0 Å². The molecule has 1 aromatic carbocycles. The van der Waals surface area contributed by atoms with Crippen LogP contribution in [0.1, 0.15) is 31.9 Å². The van der Waals surface area contributed by atoms with Crippen LogP contribution in [0.5, 0.6) is 0 Å². The van der Waals surface area contributed by atoms with Crippen molar-refractivity contribution >= 4 is 21.4 Å². The number of sulfone groups is 1. The molecule has 0 aliphatic rings. The monoisotopic (exact) mass is 325 g/mol. The van der Waals surface area contributed by atoms with Crippen LogP contribution in [0.2, 0.25) is 5.02 Å². The Morgan fingerprint density at radius 1 is 1.30 bits per heavy atom. The molecular weight excluding hydrogens is 308 g/mol. The van der Waals surface area contributed by atoms with Gasteiger partial charge in [0.2, 0.25) is 0 Å². The molecule has 1 rings (SSSR count). The molecule has 1 N–H and O–H groups in total. The van der Waals surface area contributed by atoms with Crippen LogP contribution in [0.4, 0.5) is 8.78 Å². The van der Waals surface area contributed by atoms with Crippen LogP contribution in [-0.2, 0) is 9.84 Å². The third kappa shape index (κ3) is 4.14. The van der Waals surface area contributed by atoms with E-state index in [1.54, 1.807) is 0 Å². The lowest BCUT2D eigenvalue weighted by molar-refractivity contribution is 0.483. The lowest BCUT2D eigenvalue weighted by Crippen LogP contribution is -2.35. The van der Waals surface area contributed by atoms with Crippen LogP contribution in [0.3, 0.4) is 0 Å². The Balaban J connectivity index is 3.27. The molecule has 0 spiro atoms. The summed E-state index contributed by atoms with van der Waals surface area (Å²) < 4.78 is 49.9. The van der Waals surface area contributed by atoms with Crippen LogP contribution >= 0.6 is 11.6 Å². The van der Waals surface area contributed by atoms with Crippen molar-refractivity contribution in [2.75, 3.05) is 12.8 Å². The first kappa shape index (κ1) is 17.3. The van der Waals surface area contributed by atoms with E-state index in [-0.39, 0.29) is 10.6 Å². The zero-order chi connectivity index (χ0) is 15.5. The molecule has 0 aliphatic carbocycles. The van der Waals surface area contributed by atoms with Crippen LogP contribution in [0.25, 0.3) is 0 Å². The standard InChI is InChI=1S/C13H18ClF2NO2S/c1-4-5-17-13(8(2)20(3,18)19)9-6-11(15)12(16)7-10(9)14/h6-8,13,17H,4-5H2,1-3H3. The summed E-state index contributed by atoms with van der Waals surface area (Å²) in [5.74, 6) is -2.10. The Morgan fingerprint density at radius 2 is 1.85 bits per heavy atom. The van der Waals surface area contributed by atoms with Gasteiger partial charge in [-0.1, -0.05) is 18.5 Å². The fourth-order valence-corrected chi connectivity index (χ4v) is 2.86. The number of nitrogens with one attached hydrogen (secondary N) is 1. The summed E-state index contributed by atoms with van der Waals surface area (Å²) in [6, 6.07) is 1.13. The van der Waals surface area contributed by atoms with E-state index < -0.39 is 32.8 Å². The number of hydrogen-bond donors (Lipinski definition) is 1. The fourth-order valence-electron chi connectivity index (χ4n) is 1.85. The van der Waals surface area contributed by atoms with E-state index in [9.17, 15) is 17.2 Å². The van der Waals surface area contributed by atoms with Gasteiger partial charge in [-0.15, -0.1) is 0 Å². The van der Waals surface area contributed by atoms with Crippen molar-refractivity contribution < 1.29 is 17.2 Å². The summed E-state index contributed by atoms with van der Waals surface area (Å²) in [5.41, 5.74) is 0.247. The second kappa shape index (κ2) is 6.83. The van der Waals surface area contributed by atoms with Gasteiger partial charge in [0.25, 0.3) is 0 Å². The lowest BCUT2D eigenvalue weighted by atomic mass is 10.0. The van der Waals surface area contributed by atoms with E-state index in [0.29, 0.717) is 6.54 Å². The summed E-state index contributed by atoms with van der Waals surface area (Å²) in [6.07, 6.45) is 1.88. The summed E-state index contributed by atoms with van der Waals surface area (Å²) in [6.45, 7) is 3.97. The molecule has 0 heterocycles. The van der Waals surface area contributed by atoms with Crippen LogP contribution in [-0.4, -0.2) is 26.5 Å². The van der Waals surface area contributed by atoms with E-state index in [1.807, 2.05) is 6.92 Å². The van der Waals surface area contributed by atoms with Crippen LogP contribution < -0.4 is 5.32 Å². The maximum Gasteiger partial charge on any atom is 0.160 e. The average Bonchev–Trinajstić information content (AvgIpc) is 2.34. The molecule has 0 saturated heterocycles. The fraction of sp³-hybridized carbons (Fsp3) is 0.538. The molecule has 20 heavy (non-hydrogen) atoms. The largest absolute Gasteiger partial charge is 0.309 e. The number of hydrogen-bond acceptors (Lipinski definition) is 3. The van der Waals surface area contributed by atoms with Crippen LogP contribution in [0, 0.1) is 11.6 Å². The highest BCUT2D eigenvalue weighted by Gasteiger charge is 2.29. The highest BCUT2D eigenvalue weighted by Crippen LogP contribution is 2.30. The minimum atomic E-state index is -3.36. The second-order valence-corrected chi connectivity index (χ2v) is 7.56. The smallest absolute Gasteiger partial charge is 0.160 e. The molecule has 1 aromatic rings. The van der Waals surface area contributed by atoms with Crippen molar-refractivity contribution in [1.29, 1.82) is 0 Å². The molecule has 2 unspecified atom stereocenters. The zero-order valence-electron chi connectivity index (χ0n) is 11.6. The first-order valence-corrected chi connectivity index (χ1v) is 8.58. The number of halogens is 3. The lowest BCUT2D eigenvalue weighted by Gasteiger charge is -2.25. The van der Waals surface area contributed by atoms with E-state index in [4.69, 9.17) is 11.6 Å². The SMILES string of the molecule is CCCNC(c1cc(F)c(F)cc1Cl)C(C)S(C)(=O)=O. The topological polar surface area (TPSA) is 46.2 Å². The number of rotatable bonds is 6. The normalized spacial score (nSPS) is 15.1. The molecular formula is C13H18ClF2NO2S. The summed E-state index contributed by atoms with van der Waals surface area (Å²) in [5, 5.41) is 2.23. The molecule has 114 valence electrons. The Labute approximate surface area is 123 Å². The molecule has 0 radical (unpaired) electrons. The molecule has 2 atom stereocenters. The van der Waals surface area contributed by atoms with Crippen LogP contribution in [0.15, 0.2) is 12.1 Å². The summed E-state index contributed by atoms with van der Waals surface area (Å²) >= 11 is 5.93. The highest BCUT2D eigenvalue weighted by molar-refractivity contribution is 7.91. The van der Waals surface area contributed by atoms with Gasteiger partial charge in [-0.25, -0.2) is 17.2 Å². The Morgan fingerprint density at radius 3 is 2.35 bits per heavy atom. The maximum atomic E-state index is 13.4.